The number of carboxylic acid groups (broad SMARTS) is 1. The SMILES string of the molecule is COc1ccccc1C(=O)NC(C(=O)NC1CCC(C(=O)O)CC1)C(C)C. The van der Waals surface area contributed by atoms with E-state index in [1.165, 1.54) is 7.11 Å². The molecule has 0 aromatic heterocycles. The highest BCUT2D eigenvalue weighted by atomic mass is 16.5. The van der Waals surface area contributed by atoms with Crippen molar-refractivity contribution in [1.29, 1.82) is 0 Å². The van der Waals surface area contributed by atoms with Gasteiger partial charge in [-0.05, 0) is 43.7 Å². The van der Waals surface area contributed by atoms with Gasteiger partial charge in [0.15, 0.2) is 0 Å². The second kappa shape index (κ2) is 9.39. The summed E-state index contributed by atoms with van der Waals surface area (Å²) in [4.78, 5) is 36.4. The van der Waals surface area contributed by atoms with E-state index in [0.29, 0.717) is 37.0 Å². The quantitative estimate of drug-likeness (QED) is 0.677. The van der Waals surface area contributed by atoms with Gasteiger partial charge in [0.25, 0.3) is 5.91 Å². The lowest BCUT2D eigenvalue weighted by Crippen LogP contribution is -2.52. The first-order chi connectivity index (χ1) is 12.8. The highest BCUT2D eigenvalue weighted by Crippen LogP contribution is 2.24. The Labute approximate surface area is 159 Å². The van der Waals surface area contributed by atoms with Gasteiger partial charge in [0.1, 0.15) is 11.8 Å². The van der Waals surface area contributed by atoms with Crippen LogP contribution in [0, 0.1) is 11.8 Å². The number of rotatable bonds is 7. The molecule has 1 atom stereocenters. The lowest BCUT2D eigenvalue weighted by atomic mass is 9.86. The molecule has 3 N–H and O–H groups in total. The van der Waals surface area contributed by atoms with Crippen molar-refractivity contribution in [2.75, 3.05) is 7.11 Å². The summed E-state index contributed by atoms with van der Waals surface area (Å²) in [5.41, 5.74) is 0.375. The Morgan fingerprint density at radius 1 is 1.11 bits per heavy atom. The first kappa shape index (κ1) is 20.7. The fourth-order valence-corrected chi connectivity index (χ4v) is 3.36. The van der Waals surface area contributed by atoms with Crippen LogP contribution < -0.4 is 15.4 Å². The van der Waals surface area contributed by atoms with Gasteiger partial charge in [-0.25, -0.2) is 0 Å². The molecule has 0 bridgehead atoms. The minimum absolute atomic E-state index is 0.0579. The fraction of sp³-hybridized carbons (Fsp3) is 0.550. The molecule has 7 nitrogen and oxygen atoms in total. The summed E-state index contributed by atoms with van der Waals surface area (Å²) in [6.07, 6.45) is 2.38. The predicted molar refractivity (Wildman–Crippen MR) is 101 cm³/mol. The van der Waals surface area contributed by atoms with Crippen molar-refractivity contribution in [2.45, 2.75) is 51.6 Å². The molecule has 0 aliphatic heterocycles. The first-order valence-corrected chi connectivity index (χ1v) is 9.30. The summed E-state index contributed by atoms with van der Waals surface area (Å²) >= 11 is 0. The van der Waals surface area contributed by atoms with E-state index in [9.17, 15) is 14.4 Å². The van der Waals surface area contributed by atoms with Crippen molar-refractivity contribution >= 4 is 17.8 Å². The minimum Gasteiger partial charge on any atom is -0.496 e. The van der Waals surface area contributed by atoms with Crippen molar-refractivity contribution in [2.24, 2.45) is 11.8 Å². The van der Waals surface area contributed by atoms with Gasteiger partial charge in [-0.1, -0.05) is 26.0 Å². The molecule has 27 heavy (non-hydrogen) atoms. The summed E-state index contributed by atoms with van der Waals surface area (Å²) in [6.45, 7) is 3.74. The van der Waals surface area contributed by atoms with E-state index in [4.69, 9.17) is 9.84 Å². The zero-order chi connectivity index (χ0) is 20.0. The third kappa shape index (κ3) is 5.45. The molecular formula is C20H28N2O5. The maximum absolute atomic E-state index is 12.7. The number of carbonyl (C=O) groups excluding carboxylic acids is 2. The van der Waals surface area contributed by atoms with Crippen LogP contribution in [0.5, 0.6) is 5.75 Å². The van der Waals surface area contributed by atoms with E-state index in [2.05, 4.69) is 10.6 Å². The van der Waals surface area contributed by atoms with E-state index in [1.807, 2.05) is 13.8 Å². The van der Waals surface area contributed by atoms with Gasteiger partial charge in [0.2, 0.25) is 5.91 Å². The minimum atomic E-state index is -0.774. The van der Waals surface area contributed by atoms with E-state index >= 15 is 0 Å². The van der Waals surface area contributed by atoms with Gasteiger partial charge in [-0.15, -0.1) is 0 Å². The number of nitrogens with one attached hydrogen (secondary N) is 2. The Hall–Kier alpha value is -2.57. The van der Waals surface area contributed by atoms with Crippen LogP contribution in [0.3, 0.4) is 0 Å². The Morgan fingerprint density at radius 2 is 1.74 bits per heavy atom. The topological polar surface area (TPSA) is 105 Å². The number of methoxy groups -OCH3 is 1. The highest BCUT2D eigenvalue weighted by molar-refractivity contribution is 5.99. The number of benzene rings is 1. The summed E-state index contributed by atoms with van der Waals surface area (Å²) in [6, 6.07) is 6.12. The molecule has 1 aliphatic rings. The maximum atomic E-state index is 12.7. The zero-order valence-electron chi connectivity index (χ0n) is 16.0. The molecule has 1 aliphatic carbocycles. The molecule has 2 rings (SSSR count). The van der Waals surface area contributed by atoms with Crippen molar-refractivity contribution in [3.8, 4) is 5.75 Å². The first-order valence-electron chi connectivity index (χ1n) is 9.30. The molecule has 2 amide bonds. The average molecular weight is 376 g/mol. The van der Waals surface area contributed by atoms with Crippen molar-refractivity contribution in [3.05, 3.63) is 29.8 Å². The molecule has 0 saturated heterocycles. The standard InChI is InChI=1S/C20H28N2O5/c1-12(2)17(22-18(23)15-6-4-5-7-16(15)27-3)19(24)21-14-10-8-13(9-11-14)20(25)26/h4-7,12-14,17H,8-11H2,1-3H3,(H,21,24)(H,22,23)(H,25,26). The molecule has 148 valence electrons. The van der Waals surface area contributed by atoms with Crippen LogP contribution in [-0.2, 0) is 9.59 Å². The van der Waals surface area contributed by atoms with E-state index in [-0.39, 0.29) is 29.7 Å². The monoisotopic (exact) mass is 376 g/mol. The van der Waals surface area contributed by atoms with Gasteiger partial charge in [0.05, 0.1) is 18.6 Å². The van der Waals surface area contributed by atoms with Gasteiger partial charge in [0, 0.05) is 6.04 Å². The Morgan fingerprint density at radius 3 is 2.30 bits per heavy atom. The van der Waals surface area contributed by atoms with Crippen LogP contribution in [0.15, 0.2) is 24.3 Å². The molecule has 1 aromatic rings. The van der Waals surface area contributed by atoms with Crippen LogP contribution in [0.2, 0.25) is 0 Å². The maximum Gasteiger partial charge on any atom is 0.306 e. The molecule has 1 fully saturated rings. The van der Waals surface area contributed by atoms with Crippen LogP contribution in [0.1, 0.15) is 49.9 Å². The summed E-state index contributed by atoms with van der Waals surface area (Å²) < 4.78 is 5.21. The van der Waals surface area contributed by atoms with Crippen LogP contribution in [0.4, 0.5) is 0 Å². The molecular weight excluding hydrogens is 348 g/mol. The lowest BCUT2D eigenvalue weighted by molar-refractivity contribution is -0.142. The number of carboxylic acids is 1. The number of carbonyl (C=O) groups is 3. The molecule has 1 aromatic carbocycles. The second-order valence-electron chi connectivity index (χ2n) is 7.29. The number of para-hydroxylation sites is 1. The normalized spacial score (nSPS) is 20.6. The highest BCUT2D eigenvalue weighted by Gasteiger charge is 2.30. The lowest BCUT2D eigenvalue weighted by Gasteiger charge is -2.29. The number of aliphatic carboxylic acids is 1. The van der Waals surface area contributed by atoms with Crippen molar-refractivity contribution in [3.63, 3.8) is 0 Å². The van der Waals surface area contributed by atoms with Crippen LogP contribution in [0.25, 0.3) is 0 Å². The van der Waals surface area contributed by atoms with Gasteiger partial charge in [-0.3, -0.25) is 14.4 Å². The van der Waals surface area contributed by atoms with Crippen LogP contribution >= 0.6 is 0 Å². The molecule has 7 heteroatoms. The number of hydrogen-bond acceptors (Lipinski definition) is 4. The number of hydrogen-bond donors (Lipinski definition) is 3. The van der Waals surface area contributed by atoms with Gasteiger partial charge in [-0.2, -0.15) is 0 Å². The third-order valence-electron chi connectivity index (χ3n) is 5.01. The second-order valence-corrected chi connectivity index (χ2v) is 7.29. The summed E-state index contributed by atoms with van der Waals surface area (Å²) in [7, 11) is 1.49. The summed E-state index contributed by atoms with van der Waals surface area (Å²) in [5, 5.41) is 14.8. The summed E-state index contributed by atoms with van der Waals surface area (Å²) in [5.74, 6) is -1.36. The fourth-order valence-electron chi connectivity index (χ4n) is 3.36. The molecule has 1 unspecified atom stereocenters. The van der Waals surface area contributed by atoms with Crippen LogP contribution in [-0.4, -0.2) is 42.1 Å². The van der Waals surface area contributed by atoms with E-state index in [0.717, 1.165) is 0 Å². The largest absolute Gasteiger partial charge is 0.496 e. The van der Waals surface area contributed by atoms with Crippen molar-refractivity contribution in [1.82, 2.24) is 10.6 Å². The Kier molecular flexibility index (Phi) is 7.21. The number of ether oxygens (including phenoxy) is 1. The Balaban J connectivity index is 1.99. The van der Waals surface area contributed by atoms with E-state index in [1.54, 1.807) is 24.3 Å². The number of amides is 2. The molecule has 0 heterocycles. The van der Waals surface area contributed by atoms with Crippen molar-refractivity contribution < 1.29 is 24.2 Å². The van der Waals surface area contributed by atoms with Gasteiger partial charge < -0.3 is 20.5 Å². The predicted octanol–water partition coefficient (Wildman–Crippen LogP) is 2.21. The third-order valence-corrected chi connectivity index (χ3v) is 5.01. The van der Waals surface area contributed by atoms with E-state index < -0.39 is 12.0 Å². The van der Waals surface area contributed by atoms with Gasteiger partial charge >= 0.3 is 5.97 Å². The molecule has 1 saturated carbocycles. The molecule has 0 spiro atoms. The smallest absolute Gasteiger partial charge is 0.306 e. The Bertz CT molecular complexity index is 681. The molecule has 0 radical (unpaired) electrons. The zero-order valence-corrected chi connectivity index (χ0v) is 16.0. The average Bonchev–Trinajstić information content (AvgIpc) is 2.65.